The average Bonchev–Trinajstić information content (AvgIpc) is 3.26. The maximum atomic E-state index is 14.1. The zero-order valence-corrected chi connectivity index (χ0v) is 19.3. The van der Waals surface area contributed by atoms with Crippen LogP contribution in [0, 0.1) is 0 Å². The van der Waals surface area contributed by atoms with Crippen molar-refractivity contribution in [2.75, 3.05) is 7.11 Å². The summed E-state index contributed by atoms with van der Waals surface area (Å²) in [4.78, 5) is 3.42. The summed E-state index contributed by atoms with van der Waals surface area (Å²) in [5, 5.41) is 1.00. The number of H-pyrrole nitrogens is 1. The summed E-state index contributed by atoms with van der Waals surface area (Å²) in [7, 11) is 1.37. The molecule has 0 saturated heterocycles. The molecule has 5 heteroatoms. The maximum absolute atomic E-state index is 14.1. The molecule has 3 aromatic carbocycles. The number of fused-ring (bicyclic) bond motifs is 1. The van der Waals surface area contributed by atoms with Gasteiger partial charge in [0.1, 0.15) is 5.75 Å². The van der Waals surface area contributed by atoms with Crippen molar-refractivity contribution >= 4 is 28.1 Å². The lowest BCUT2D eigenvalue weighted by Crippen LogP contribution is -2.10. The summed E-state index contributed by atoms with van der Waals surface area (Å²) >= 11 is 0. The van der Waals surface area contributed by atoms with E-state index in [1.165, 1.54) is 13.2 Å². The van der Waals surface area contributed by atoms with Crippen LogP contribution in [0.1, 0.15) is 48.2 Å². The van der Waals surface area contributed by atoms with Crippen LogP contribution in [0.3, 0.4) is 0 Å². The van der Waals surface area contributed by atoms with Crippen LogP contribution in [0.25, 0.3) is 28.1 Å². The molecule has 0 unspecified atom stereocenters. The van der Waals surface area contributed by atoms with Crippen molar-refractivity contribution in [3.05, 3.63) is 107 Å². The summed E-state index contributed by atoms with van der Waals surface area (Å²) in [6.07, 6.45) is -0.168. The Bertz CT molecular complexity index is 1330. The van der Waals surface area contributed by atoms with Gasteiger partial charge in [0.25, 0.3) is 0 Å². The third-order valence-corrected chi connectivity index (χ3v) is 5.87. The van der Waals surface area contributed by atoms with Gasteiger partial charge in [-0.05, 0) is 59.9 Å². The number of aromatic amines is 1. The van der Waals surface area contributed by atoms with Crippen LogP contribution in [0.4, 0.5) is 13.2 Å². The Labute approximate surface area is 197 Å². The van der Waals surface area contributed by atoms with Crippen molar-refractivity contribution in [3.8, 4) is 5.75 Å². The van der Waals surface area contributed by atoms with E-state index in [-0.39, 0.29) is 11.3 Å². The normalized spacial score (nSPS) is 12.9. The molecule has 1 aromatic heterocycles. The fourth-order valence-corrected chi connectivity index (χ4v) is 4.30. The molecule has 0 spiro atoms. The largest absolute Gasteiger partial charge is 0.497 e. The van der Waals surface area contributed by atoms with Gasteiger partial charge >= 0.3 is 6.18 Å². The maximum Gasteiger partial charge on any atom is 0.417 e. The number of rotatable bonds is 6. The predicted octanol–water partition coefficient (Wildman–Crippen LogP) is 8.60. The second kappa shape index (κ2) is 9.64. The van der Waals surface area contributed by atoms with E-state index >= 15 is 0 Å². The molecule has 34 heavy (non-hydrogen) atoms. The lowest BCUT2D eigenvalue weighted by Gasteiger charge is -2.20. The molecule has 4 rings (SSSR count). The molecule has 0 fully saturated rings. The molecule has 174 valence electrons. The monoisotopic (exact) mass is 461 g/mol. The van der Waals surface area contributed by atoms with Crippen molar-refractivity contribution < 1.29 is 17.9 Å². The Morgan fingerprint density at radius 2 is 1.71 bits per heavy atom. The first kappa shape index (κ1) is 23.4. The standard InChI is InChI=1S/C29H26F3NO/c1-4-8-19-11-13-20(14-12-19)28(27-17-21-9-6-7-10-26(21)33-27)23(5-2)24-16-15-22(34-3)18-25(24)29(30,31)32/h4,6-18,33H,5H2,1-3H3/b8-4+,28-23+. The van der Waals surface area contributed by atoms with E-state index in [1.807, 2.05) is 80.6 Å². The number of ether oxygens (including phenoxy) is 1. The van der Waals surface area contributed by atoms with Crippen LogP contribution in [0.2, 0.25) is 0 Å². The van der Waals surface area contributed by atoms with Crippen LogP contribution < -0.4 is 4.74 Å². The number of para-hydroxylation sites is 1. The van der Waals surface area contributed by atoms with E-state index in [0.29, 0.717) is 12.0 Å². The minimum atomic E-state index is -4.52. The van der Waals surface area contributed by atoms with E-state index < -0.39 is 11.7 Å². The van der Waals surface area contributed by atoms with Gasteiger partial charge in [0.05, 0.1) is 12.7 Å². The van der Waals surface area contributed by atoms with E-state index in [1.54, 1.807) is 6.07 Å². The Kier molecular flexibility index (Phi) is 6.64. The fourth-order valence-electron chi connectivity index (χ4n) is 4.30. The molecule has 0 amide bonds. The number of halogens is 3. The predicted molar refractivity (Wildman–Crippen MR) is 134 cm³/mol. The van der Waals surface area contributed by atoms with Gasteiger partial charge in [-0.15, -0.1) is 0 Å². The zero-order valence-electron chi connectivity index (χ0n) is 19.3. The van der Waals surface area contributed by atoms with Crippen LogP contribution in [-0.2, 0) is 6.18 Å². The van der Waals surface area contributed by atoms with Crippen molar-refractivity contribution in [2.45, 2.75) is 26.4 Å². The first-order chi connectivity index (χ1) is 16.4. The van der Waals surface area contributed by atoms with Crippen molar-refractivity contribution in [2.24, 2.45) is 0 Å². The number of allylic oxidation sites excluding steroid dienone is 2. The summed E-state index contributed by atoms with van der Waals surface area (Å²) in [5.41, 5.74) is 4.40. The Balaban J connectivity index is 2.04. The lowest BCUT2D eigenvalue weighted by molar-refractivity contribution is -0.137. The highest BCUT2D eigenvalue weighted by Gasteiger charge is 2.35. The number of hydrogen-bond donors (Lipinski definition) is 1. The SMILES string of the molecule is C/C=C/c1ccc(/C(=C(/CC)c2ccc(OC)cc2C(F)(F)F)c2cc3ccccc3[nH]2)cc1. The van der Waals surface area contributed by atoms with E-state index in [9.17, 15) is 13.2 Å². The van der Waals surface area contributed by atoms with Crippen LogP contribution in [-0.4, -0.2) is 12.1 Å². The van der Waals surface area contributed by atoms with Gasteiger partial charge in [-0.2, -0.15) is 13.2 Å². The Hall–Kier alpha value is -3.73. The van der Waals surface area contributed by atoms with Gasteiger partial charge in [-0.25, -0.2) is 0 Å². The molecular weight excluding hydrogens is 435 g/mol. The molecule has 1 N–H and O–H groups in total. The van der Waals surface area contributed by atoms with Crippen molar-refractivity contribution in [1.82, 2.24) is 4.98 Å². The topological polar surface area (TPSA) is 25.0 Å². The van der Waals surface area contributed by atoms with Crippen LogP contribution >= 0.6 is 0 Å². The molecule has 0 aliphatic rings. The quantitative estimate of drug-likeness (QED) is 0.286. The Morgan fingerprint density at radius 3 is 2.32 bits per heavy atom. The Morgan fingerprint density at radius 1 is 0.971 bits per heavy atom. The van der Waals surface area contributed by atoms with Gasteiger partial charge < -0.3 is 9.72 Å². The minimum absolute atomic E-state index is 0.155. The lowest BCUT2D eigenvalue weighted by atomic mass is 9.88. The molecule has 0 bridgehead atoms. The highest BCUT2D eigenvalue weighted by molar-refractivity contribution is 6.01. The van der Waals surface area contributed by atoms with Gasteiger partial charge in [0.15, 0.2) is 0 Å². The molecule has 2 nitrogen and oxygen atoms in total. The van der Waals surface area contributed by atoms with Crippen LogP contribution in [0.15, 0.2) is 78.9 Å². The molecule has 0 radical (unpaired) electrons. The highest BCUT2D eigenvalue weighted by Crippen LogP contribution is 2.42. The smallest absolute Gasteiger partial charge is 0.417 e. The van der Waals surface area contributed by atoms with Gasteiger partial charge in [0, 0.05) is 22.2 Å². The highest BCUT2D eigenvalue weighted by atomic mass is 19.4. The number of hydrogen-bond acceptors (Lipinski definition) is 1. The zero-order chi connectivity index (χ0) is 24.3. The molecule has 4 aromatic rings. The molecule has 0 aliphatic carbocycles. The first-order valence-corrected chi connectivity index (χ1v) is 11.2. The number of nitrogens with one attached hydrogen (secondary N) is 1. The third kappa shape index (κ3) is 4.65. The van der Waals surface area contributed by atoms with Gasteiger partial charge in [-0.1, -0.05) is 67.6 Å². The first-order valence-electron chi connectivity index (χ1n) is 11.2. The average molecular weight is 462 g/mol. The van der Waals surface area contributed by atoms with E-state index in [0.717, 1.165) is 39.4 Å². The number of methoxy groups -OCH3 is 1. The second-order valence-electron chi connectivity index (χ2n) is 8.01. The molecule has 1 heterocycles. The second-order valence-corrected chi connectivity index (χ2v) is 8.01. The van der Waals surface area contributed by atoms with E-state index in [2.05, 4.69) is 4.98 Å². The molecule has 0 saturated carbocycles. The van der Waals surface area contributed by atoms with Gasteiger partial charge in [-0.3, -0.25) is 0 Å². The fraction of sp³-hybridized carbons (Fsp3) is 0.172. The number of aromatic nitrogens is 1. The number of benzene rings is 3. The minimum Gasteiger partial charge on any atom is -0.497 e. The molecule has 0 aliphatic heterocycles. The van der Waals surface area contributed by atoms with Crippen molar-refractivity contribution in [3.63, 3.8) is 0 Å². The molecular formula is C29H26F3NO. The van der Waals surface area contributed by atoms with Gasteiger partial charge in [0.2, 0.25) is 0 Å². The summed E-state index contributed by atoms with van der Waals surface area (Å²) in [6, 6.07) is 21.9. The van der Waals surface area contributed by atoms with E-state index in [4.69, 9.17) is 4.74 Å². The summed E-state index contributed by atoms with van der Waals surface area (Å²) in [6.45, 7) is 3.83. The molecule has 0 atom stereocenters. The summed E-state index contributed by atoms with van der Waals surface area (Å²) in [5.74, 6) is 0.175. The van der Waals surface area contributed by atoms with Crippen molar-refractivity contribution in [1.29, 1.82) is 0 Å². The number of alkyl halides is 3. The van der Waals surface area contributed by atoms with Crippen LogP contribution in [0.5, 0.6) is 5.75 Å². The third-order valence-electron chi connectivity index (χ3n) is 5.87. The summed E-state index contributed by atoms with van der Waals surface area (Å²) < 4.78 is 47.5.